The molecule has 0 radical (unpaired) electrons. The lowest BCUT2D eigenvalue weighted by atomic mass is 9.83. The minimum absolute atomic E-state index is 0.0407. The first-order valence-corrected chi connectivity index (χ1v) is 5.50. The highest BCUT2D eigenvalue weighted by atomic mass is 19.1. The van der Waals surface area contributed by atoms with Gasteiger partial charge in [-0.25, -0.2) is 4.39 Å². The molecule has 0 aliphatic heterocycles. The predicted molar refractivity (Wildman–Crippen MR) is 63.4 cm³/mol. The van der Waals surface area contributed by atoms with Gasteiger partial charge in [0.05, 0.1) is 6.10 Å². The normalized spacial score (nSPS) is 15.9. The van der Waals surface area contributed by atoms with Crippen LogP contribution < -0.4 is 5.73 Å². The van der Waals surface area contributed by atoms with Gasteiger partial charge in [-0.1, -0.05) is 32.9 Å². The summed E-state index contributed by atoms with van der Waals surface area (Å²) in [6, 6.07) is 5.79. The average molecular weight is 225 g/mol. The van der Waals surface area contributed by atoms with Crippen LogP contribution in [0.3, 0.4) is 0 Å². The second-order valence-corrected chi connectivity index (χ2v) is 5.28. The van der Waals surface area contributed by atoms with E-state index in [9.17, 15) is 9.50 Å². The fraction of sp³-hybridized carbons (Fsp3) is 0.538. The number of rotatable bonds is 3. The molecule has 1 aromatic carbocycles. The van der Waals surface area contributed by atoms with Crippen molar-refractivity contribution in [1.29, 1.82) is 0 Å². The number of aliphatic hydroxyl groups excluding tert-OH is 1. The number of halogens is 1. The summed E-state index contributed by atoms with van der Waals surface area (Å²) < 4.78 is 12.7. The van der Waals surface area contributed by atoms with Crippen LogP contribution in [0.5, 0.6) is 0 Å². The molecule has 16 heavy (non-hydrogen) atoms. The van der Waals surface area contributed by atoms with Gasteiger partial charge in [0.2, 0.25) is 0 Å². The van der Waals surface area contributed by atoms with Crippen molar-refractivity contribution >= 4 is 0 Å². The van der Waals surface area contributed by atoms with Gasteiger partial charge in [-0.15, -0.1) is 0 Å². The molecular formula is C13H20FNO. The first-order chi connectivity index (χ1) is 7.30. The van der Waals surface area contributed by atoms with Crippen LogP contribution in [0.4, 0.5) is 4.39 Å². The van der Waals surface area contributed by atoms with Gasteiger partial charge < -0.3 is 10.8 Å². The molecule has 2 atom stereocenters. The van der Waals surface area contributed by atoms with E-state index in [-0.39, 0.29) is 17.3 Å². The maximum absolute atomic E-state index is 12.7. The lowest BCUT2D eigenvalue weighted by Crippen LogP contribution is -2.36. The summed E-state index contributed by atoms with van der Waals surface area (Å²) in [5, 5.41) is 9.94. The van der Waals surface area contributed by atoms with E-state index in [4.69, 9.17) is 5.73 Å². The Kier molecular flexibility index (Phi) is 4.05. The molecule has 1 rings (SSSR count). The molecule has 0 aromatic heterocycles. The third-order valence-electron chi connectivity index (χ3n) is 2.84. The molecule has 3 heteroatoms. The van der Waals surface area contributed by atoms with Gasteiger partial charge in [0, 0.05) is 6.04 Å². The van der Waals surface area contributed by atoms with E-state index in [1.54, 1.807) is 12.1 Å². The maximum atomic E-state index is 12.7. The monoisotopic (exact) mass is 225 g/mol. The van der Waals surface area contributed by atoms with Crippen molar-refractivity contribution in [2.24, 2.45) is 11.1 Å². The zero-order valence-corrected chi connectivity index (χ0v) is 10.1. The number of hydrogen-bond acceptors (Lipinski definition) is 2. The molecule has 0 saturated carbocycles. The van der Waals surface area contributed by atoms with Crippen molar-refractivity contribution in [2.45, 2.75) is 39.3 Å². The van der Waals surface area contributed by atoms with Crippen LogP contribution in [0, 0.1) is 11.2 Å². The van der Waals surface area contributed by atoms with Crippen LogP contribution in [0.1, 0.15) is 38.9 Å². The Balaban J connectivity index is 2.65. The molecule has 2 nitrogen and oxygen atoms in total. The molecular weight excluding hydrogens is 205 g/mol. The van der Waals surface area contributed by atoms with E-state index in [0.29, 0.717) is 12.0 Å². The largest absolute Gasteiger partial charge is 0.388 e. The van der Waals surface area contributed by atoms with Crippen molar-refractivity contribution < 1.29 is 9.50 Å². The third kappa shape index (κ3) is 3.58. The second kappa shape index (κ2) is 4.93. The van der Waals surface area contributed by atoms with Gasteiger partial charge in [-0.2, -0.15) is 0 Å². The van der Waals surface area contributed by atoms with Crippen LogP contribution in [0.2, 0.25) is 0 Å². The van der Waals surface area contributed by atoms with Gasteiger partial charge >= 0.3 is 0 Å². The lowest BCUT2D eigenvalue weighted by molar-refractivity contribution is 0.133. The SMILES string of the molecule is CC(C)(C)[C@H](N)C[C@@H](O)c1ccc(F)cc1. The Hall–Kier alpha value is -0.930. The molecule has 90 valence electrons. The molecule has 0 aliphatic carbocycles. The zero-order chi connectivity index (χ0) is 12.3. The van der Waals surface area contributed by atoms with Crippen molar-refractivity contribution in [3.8, 4) is 0 Å². The van der Waals surface area contributed by atoms with E-state index in [2.05, 4.69) is 0 Å². The minimum atomic E-state index is -0.630. The summed E-state index contributed by atoms with van der Waals surface area (Å²) in [4.78, 5) is 0. The second-order valence-electron chi connectivity index (χ2n) is 5.28. The van der Waals surface area contributed by atoms with E-state index < -0.39 is 6.10 Å². The summed E-state index contributed by atoms with van der Waals surface area (Å²) >= 11 is 0. The van der Waals surface area contributed by atoms with E-state index in [1.165, 1.54) is 12.1 Å². The number of nitrogens with two attached hydrogens (primary N) is 1. The van der Waals surface area contributed by atoms with Gasteiger partial charge in [-0.3, -0.25) is 0 Å². The summed E-state index contributed by atoms with van der Waals surface area (Å²) in [5.41, 5.74) is 6.65. The fourth-order valence-corrected chi connectivity index (χ4v) is 1.42. The van der Waals surface area contributed by atoms with Gasteiger partial charge in [0.1, 0.15) is 5.82 Å². The smallest absolute Gasteiger partial charge is 0.123 e. The Morgan fingerprint density at radius 2 is 1.75 bits per heavy atom. The molecule has 0 aliphatic rings. The summed E-state index contributed by atoms with van der Waals surface area (Å²) in [6.07, 6.45) is -0.149. The molecule has 1 aromatic rings. The summed E-state index contributed by atoms with van der Waals surface area (Å²) in [7, 11) is 0. The summed E-state index contributed by atoms with van der Waals surface area (Å²) in [5.74, 6) is -0.295. The van der Waals surface area contributed by atoms with Crippen LogP contribution in [-0.4, -0.2) is 11.1 Å². The van der Waals surface area contributed by atoms with Crippen molar-refractivity contribution in [2.75, 3.05) is 0 Å². The van der Waals surface area contributed by atoms with E-state index >= 15 is 0 Å². The molecule has 0 heterocycles. The molecule has 0 fully saturated rings. The van der Waals surface area contributed by atoms with Crippen LogP contribution in [0.15, 0.2) is 24.3 Å². The first kappa shape index (κ1) is 13.1. The van der Waals surface area contributed by atoms with Crippen LogP contribution in [-0.2, 0) is 0 Å². The van der Waals surface area contributed by atoms with Gasteiger partial charge in [0.25, 0.3) is 0 Å². The Morgan fingerprint density at radius 3 is 2.19 bits per heavy atom. The molecule has 0 unspecified atom stereocenters. The maximum Gasteiger partial charge on any atom is 0.123 e. The number of benzene rings is 1. The van der Waals surface area contributed by atoms with Gasteiger partial charge in [-0.05, 0) is 29.5 Å². The zero-order valence-electron chi connectivity index (χ0n) is 10.1. The highest BCUT2D eigenvalue weighted by Gasteiger charge is 2.23. The van der Waals surface area contributed by atoms with Crippen molar-refractivity contribution in [3.05, 3.63) is 35.6 Å². The predicted octanol–water partition coefficient (Wildman–Crippen LogP) is 2.62. The Labute approximate surface area is 96.3 Å². The Bertz CT molecular complexity index is 329. The molecule has 0 bridgehead atoms. The number of aliphatic hydroxyl groups is 1. The summed E-state index contributed by atoms with van der Waals surface area (Å²) in [6.45, 7) is 6.11. The Morgan fingerprint density at radius 1 is 1.25 bits per heavy atom. The lowest BCUT2D eigenvalue weighted by Gasteiger charge is -2.28. The van der Waals surface area contributed by atoms with Crippen LogP contribution >= 0.6 is 0 Å². The van der Waals surface area contributed by atoms with E-state index in [1.807, 2.05) is 20.8 Å². The fourth-order valence-electron chi connectivity index (χ4n) is 1.42. The minimum Gasteiger partial charge on any atom is -0.388 e. The number of hydrogen-bond donors (Lipinski definition) is 2. The molecule has 3 N–H and O–H groups in total. The van der Waals surface area contributed by atoms with Crippen molar-refractivity contribution in [3.63, 3.8) is 0 Å². The van der Waals surface area contributed by atoms with Gasteiger partial charge in [0.15, 0.2) is 0 Å². The van der Waals surface area contributed by atoms with E-state index in [0.717, 1.165) is 0 Å². The first-order valence-electron chi connectivity index (χ1n) is 5.50. The standard InChI is InChI=1S/C13H20FNO/c1-13(2,3)12(15)8-11(16)9-4-6-10(14)7-5-9/h4-7,11-12,16H,8,15H2,1-3H3/t11-,12-/m1/s1. The van der Waals surface area contributed by atoms with Crippen LogP contribution in [0.25, 0.3) is 0 Å². The third-order valence-corrected chi connectivity index (χ3v) is 2.84. The molecule has 0 saturated heterocycles. The highest BCUT2D eigenvalue weighted by molar-refractivity contribution is 5.18. The average Bonchev–Trinajstić information content (AvgIpc) is 2.17. The van der Waals surface area contributed by atoms with Crippen molar-refractivity contribution in [1.82, 2.24) is 0 Å². The molecule has 0 amide bonds. The quantitative estimate of drug-likeness (QED) is 0.830. The topological polar surface area (TPSA) is 46.2 Å². The molecule has 0 spiro atoms. The highest BCUT2D eigenvalue weighted by Crippen LogP contribution is 2.26.